The van der Waals surface area contributed by atoms with Gasteiger partial charge in [0.05, 0.1) is 13.0 Å². The largest absolute Gasteiger partial charge is 0.466 e. The molecule has 0 aliphatic carbocycles. The van der Waals surface area contributed by atoms with Crippen LogP contribution in [0.4, 0.5) is 4.39 Å². The van der Waals surface area contributed by atoms with Gasteiger partial charge in [0.2, 0.25) is 0 Å². The van der Waals surface area contributed by atoms with Gasteiger partial charge >= 0.3 is 5.97 Å². The number of esters is 1. The first kappa shape index (κ1) is 10.7. The van der Waals surface area contributed by atoms with E-state index in [0.29, 0.717) is 12.2 Å². The van der Waals surface area contributed by atoms with Gasteiger partial charge in [-0.05, 0) is 25.5 Å². The van der Waals surface area contributed by atoms with E-state index in [1.807, 2.05) is 0 Å². The fraction of sp³-hybridized carbons (Fsp3) is 0.364. The number of hydrogen-bond donors (Lipinski definition) is 0. The van der Waals surface area contributed by atoms with Crippen molar-refractivity contribution in [2.45, 2.75) is 20.3 Å². The maximum atomic E-state index is 13.2. The Hall–Kier alpha value is -1.38. The summed E-state index contributed by atoms with van der Waals surface area (Å²) in [4.78, 5) is 11.1. The van der Waals surface area contributed by atoms with Crippen LogP contribution in [0.5, 0.6) is 0 Å². The molecule has 3 heteroatoms. The van der Waals surface area contributed by atoms with Crippen molar-refractivity contribution in [1.82, 2.24) is 0 Å². The summed E-state index contributed by atoms with van der Waals surface area (Å²) in [7, 11) is 0. The Kier molecular flexibility index (Phi) is 3.63. The summed E-state index contributed by atoms with van der Waals surface area (Å²) in [6, 6.07) is 4.75. The molecule has 0 saturated carbocycles. The van der Waals surface area contributed by atoms with Gasteiger partial charge in [-0.2, -0.15) is 0 Å². The maximum absolute atomic E-state index is 13.2. The van der Waals surface area contributed by atoms with Gasteiger partial charge in [0.1, 0.15) is 5.82 Å². The van der Waals surface area contributed by atoms with Crippen molar-refractivity contribution in [3.05, 3.63) is 35.1 Å². The monoisotopic (exact) mass is 196 g/mol. The number of benzene rings is 1. The quantitative estimate of drug-likeness (QED) is 0.693. The number of hydrogen-bond acceptors (Lipinski definition) is 2. The molecule has 0 spiro atoms. The van der Waals surface area contributed by atoms with E-state index in [2.05, 4.69) is 0 Å². The lowest BCUT2D eigenvalue weighted by Gasteiger charge is -2.06. The topological polar surface area (TPSA) is 26.3 Å². The number of aryl methyl sites for hydroxylation is 1. The smallest absolute Gasteiger partial charge is 0.310 e. The molecule has 0 unspecified atom stereocenters. The van der Waals surface area contributed by atoms with Gasteiger partial charge in [-0.25, -0.2) is 4.39 Å². The van der Waals surface area contributed by atoms with E-state index in [1.54, 1.807) is 26.0 Å². The number of halogens is 1. The highest BCUT2D eigenvalue weighted by Gasteiger charge is 2.10. The summed E-state index contributed by atoms with van der Waals surface area (Å²) in [5, 5.41) is 0. The summed E-state index contributed by atoms with van der Waals surface area (Å²) in [6.45, 7) is 3.83. The molecule has 0 amide bonds. The van der Waals surface area contributed by atoms with E-state index in [9.17, 15) is 9.18 Å². The van der Waals surface area contributed by atoms with Crippen LogP contribution >= 0.6 is 0 Å². The van der Waals surface area contributed by atoms with Gasteiger partial charge in [-0.3, -0.25) is 4.79 Å². The van der Waals surface area contributed by atoms with E-state index in [0.717, 1.165) is 5.56 Å². The van der Waals surface area contributed by atoms with Gasteiger partial charge in [0, 0.05) is 5.56 Å². The molecule has 0 saturated heterocycles. The zero-order valence-electron chi connectivity index (χ0n) is 8.34. The molecular formula is C11H13FO2. The van der Waals surface area contributed by atoms with Crippen molar-refractivity contribution in [3.8, 4) is 0 Å². The first-order valence-corrected chi connectivity index (χ1v) is 4.54. The van der Waals surface area contributed by atoms with Crippen molar-refractivity contribution in [3.63, 3.8) is 0 Å². The average Bonchev–Trinajstić information content (AvgIpc) is 2.12. The lowest BCUT2D eigenvalue weighted by atomic mass is 10.1. The second kappa shape index (κ2) is 4.74. The van der Waals surface area contributed by atoms with Crippen LogP contribution in [-0.4, -0.2) is 12.6 Å². The van der Waals surface area contributed by atoms with E-state index in [1.165, 1.54) is 6.07 Å². The van der Waals surface area contributed by atoms with Crippen LogP contribution < -0.4 is 0 Å². The Morgan fingerprint density at radius 1 is 1.50 bits per heavy atom. The van der Waals surface area contributed by atoms with Crippen molar-refractivity contribution in [1.29, 1.82) is 0 Å². The third kappa shape index (κ3) is 2.55. The fourth-order valence-electron chi connectivity index (χ4n) is 1.25. The summed E-state index contributed by atoms with van der Waals surface area (Å²) < 4.78 is 18.0. The second-order valence-electron chi connectivity index (χ2n) is 3.02. The molecule has 0 aliphatic heterocycles. The standard InChI is InChI=1S/C11H13FO2/c1-3-14-11(13)7-9-8(2)5-4-6-10(9)12/h4-6H,3,7H2,1-2H3. The molecule has 2 nitrogen and oxygen atoms in total. The second-order valence-corrected chi connectivity index (χ2v) is 3.02. The van der Waals surface area contributed by atoms with Gasteiger partial charge in [0.15, 0.2) is 0 Å². The van der Waals surface area contributed by atoms with Crippen LogP contribution in [-0.2, 0) is 16.0 Å². The molecule has 1 aromatic rings. The third-order valence-corrected chi connectivity index (χ3v) is 1.98. The SMILES string of the molecule is CCOC(=O)Cc1c(C)cccc1F. The van der Waals surface area contributed by atoms with Crippen molar-refractivity contribution >= 4 is 5.97 Å². The summed E-state index contributed by atoms with van der Waals surface area (Å²) >= 11 is 0. The highest BCUT2D eigenvalue weighted by Crippen LogP contribution is 2.13. The molecule has 0 fully saturated rings. The van der Waals surface area contributed by atoms with Gasteiger partial charge in [-0.1, -0.05) is 12.1 Å². The van der Waals surface area contributed by atoms with Crippen LogP contribution in [0.15, 0.2) is 18.2 Å². The fourth-order valence-corrected chi connectivity index (χ4v) is 1.25. The molecule has 0 atom stereocenters. The molecule has 76 valence electrons. The Morgan fingerprint density at radius 2 is 2.21 bits per heavy atom. The Morgan fingerprint density at radius 3 is 2.79 bits per heavy atom. The summed E-state index contributed by atoms with van der Waals surface area (Å²) in [5.41, 5.74) is 1.20. The predicted molar refractivity (Wildman–Crippen MR) is 51.5 cm³/mol. The van der Waals surface area contributed by atoms with Crippen LogP contribution in [0.1, 0.15) is 18.1 Å². The molecule has 0 heterocycles. The van der Waals surface area contributed by atoms with Gasteiger partial charge in [-0.15, -0.1) is 0 Å². The maximum Gasteiger partial charge on any atom is 0.310 e. The molecule has 0 bridgehead atoms. The first-order valence-electron chi connectivity index (χ1n) is 4.54. The minimum atomic E-state index is -0.388. The van der Waals surface area contributed by atoms with Crippen LogP contribution in [0.3, 0.4) is 0 Å². The van der Waals surface area contributed by atoms with Gasteiger partial charge < -0.3 is 4.74 Å². The highest BCUT2D eigenvalue weighted by atomic mass is 19.1. The highest BCUT2D eigenvalue weighted by molar-refractivity contribution is 5.73. The van der Waals surface area contributed by atoms with Crippen molar-refractivity contribution in [2.24, 2.45) is 0 Å². The number of carbonyl (C=O) groups excluding carboxylic acids is 1. The van der Waals surface area contributed by atoms with E-state index in [4.69, 9.17) is 4.74 Å². The normalized spacial score (nSPS) is 9.93. The third-order valence-electron chi connectivity index (χ3n) is 1.98. The van der Waals surface area contributed by atoms with Crippen LogP contribution in [0.25, 0.3) is 0 Å². The number of ether oxygens (including phenoxy) is 1. The average molecular weight is 196 g/mol. The molecule has 14 heavy (non-hydrogen) atoms. The van der Waals surface area contributed by atoms with Crippen molar-refractivity contribution in [2.75, 3.05) is 6.61 Å². The molecule has 0 radical (unpaired) electrons. The Labute approximate surface area is 82.7 Å². The van der Waals surface area contributed by atoms with E-state index in [-0.39, 0.29) is 18.2 Å². The van der Waals surface area contributed by atoms with E-state index < -0.39 is 0 Å². The molecule has 1 aromatic carbocycles. The molecular weight excluding hydrogens is 183 g/mol. The summed E-state index contributed by atoms with van der Waals surface area (Å²) in [5.74, 6) is -0.737. The van der Waals surface area contributed by atoms with Crippen LogP contribution in [0.2, 0.25) is 0 Å². The van der Waals surface area contributed by atoms with Gasteiger partial charge in [0.25, 0.3) is 0 Å². The van der Waals surface area contributed by atoms with Crippen molar-refractivity contribution < 1.29 is 13.9 Å². The lowest BCUT2D eigenvalue weighted by molar-refractivity contribution is -0.142. The number of rotatable bonds is 3. The molecule has 0 aliphatic rings. The molecule has 0 aromatic heterocycles. The van der Waals surface area contributed by atoms with E-state index >= 15 is 0 Å². The minimum Gasteiger partial charge on any atom is -0.466 e. The first-order chi connectivity index (χ1) is 6.65. The predicted octanol–water partition coefficient (Wildman–Crippen LogP) is 2.24. The van der Waals surface area contributed by atoms with Crippen LogP contribution in [0, 0.1) is 12.7 Å². The zero-order valence-corrected chi connectivity index (χ0v) is 8.34. The molecule has 0 N–H and O–H groups in total. The molecule has 1 rings (SSSR count). The summed E-state index contributed by atoms with van der Waals surface area (Å²) in [6.07, 6.45) is 0.00630. The number of carbonyl (C=O) groups is 1. The minimum absolute atomic E-state index is 0.00630. The Bertz CT molecular complexity index is 314. The lowest BCUT2D eigenvalue weighted by Crippen LogP contribution is -2.09. The zero-order chi connectivity index (χ0) is 10.6. The Balaban J connectivity index is 2.80.